The zero-order valence-electron chi connectivity index (χ0n) is 10.8. The molecule has 0 amide bonds. The van der Waals surface area contributed by atoms with Gasteiger partial charge in [0.2, 0.25) is 0 Å². The van der Waals surface area contributed by atoms with Crippen molar-refractivity contribution in [3.05, 3.63) is 23.2 Å². The summed E-state index contributed by atoms with van der Waals surface area (Å²) in [5.74, 6) is 0.699. The molecule has 19 heavy (non-hydrogen) atoms. The Kier molecular flexibility index (Phi) is 2.93. The van der Waals surface area contributed by atoms with E-state index in [1.807, 2.05) is 10.7 Å². The quantitative estimate of drug-likeness (QED) is 0.857. The first-order valence-corrected chi connectivity index (χ1v) is 6.82. The Morgan fingerprint density at radius 2 is 2.05 bits per heavy atom. The molecule has 1 aromatic heterocycles. The van der Waals surface area contributed by atoms with Crippen molar-refractivity contribution in [3.63, 3.8) is 0 Å². The van der Waals surface area contributed by atoms with Crippen molar-refractivity contribution in [2.24, 2.45) is 0 Å². The Balaban J connectivity index is 2.12. The second kappa shape index (κ2) is 4.49. The van der Waals surface area contributed by atoms with E-state index in [0.29, 0.717) is 16.5 Å². The molecule has 6 heteroatoms. The van der Waals surface area contributed by atoms with E-state index in [1.54, 1.807) is 12.1 Å². The number of nitrogens with two attached hydrogens (primary N) is 1. The molecule has 100 valence electrons. The second-order valence-corrected chi connectivity index (χ2v) is 5.79. The van der Waals surface area contributed by atoms with Crippen LogP contribution in [-0.4, -0.2) is 20.2 Å². The van der Waals surface area contributed by atoms with Crippen LogP contribution in [0, 0.1) is 0 Å². The molecule has 1 aromatic carbocycles. The van der Waals surface area contributed by atoms with Crippen LogP contribution in [0.5, 0.6) is 0 Å². The molecule has 0 bridgehead atoms. The molecular weight excluding hydrogens is 262 g/mol. The third kappa shape index (κ3) is 2.08. The lowest BCUT2D eigenvalue weighted by molar-refractivity contribution is 0.293. The maximum absolute atomic E-state index is 6.05. The summed E-state index contributed by atoms with van der Waals surface area (Å²) in [5, 5.41) is 12.8. The van der Waals surface area contributed by atoms with Gasteiger partial charge in [-0.15, -0.1) is 5.10 Å². The number of nitrogens with zero attached hydrogens (tertiary/aromatic N) is 4. The number of nitrogen functional groups attached to an aromatic ring is 1. The van der Waals surface area contributed by atoms with Gasteiger partial charge >= 0.3 is 0 Å². The molecule has 2 N–H and O–H groups in total. The van der Waals surface area contributed by atoms with Crippen LogP contribution in [0.3, 0.4) is 0 Å². The molecule has 0 radical (unpaired) electrons. The van der Waals surface area contributed by atoms with Crippen molar-refractivity contribution < 1.29 is 0 Å². The highest BCUT2D eigenvalue weighted by atomic mass is 35.5. The van der Waals surface area contributed by atoms with E-state index in [9.17, 15) is 0 Å². The SMILES string of the molecule is CC1(n2nnnc2-c2cc(Cl)ccc2N)CCCC1. The molecule has 5 nitrogen and oxygen atoms in total. The molecule has 2 aromatic rings. The molecule has 0 unspecified atom stereocenters. The van der Waals surface area contributed by atoms with E-state index >= 15 is 0 Å². The minimum atomic E-state index is -0.0202. The predicted octanol–water partition coefficient (Wildman–Crippen LogP) is 2.86. The van der Waals surface area contributed by atoms with Crippen LogP contribution < -0.4 is 5.73 Å². The molecule has 1 saturated carbocycles. The fourth-order valence-corrected chi connectivity index (χ4v) is 2.96. The number of hydrogen-bond acceptors (Lipinski definition) is 4. The molecule has 3 rings (SSSR count). The van der Waals surface area contributed by atoms with Gasteiger partial charge in [0, 0.05) is 16.3 Å². The third-order valence-electron chi connectivity index (χ3n) is 3.92. The Hall–Kier alpha value is -1.62. The monoisotopic (exact) mass is 277 g/mol. The molecule has 0 spiro atoms. The van der Waals surface area contributed by atoms with Gasteiger partial charge in [0.15, 0.2) is 5.82 Å². The number of anilines is 1. The Bertz CT molecular complexity index is 601. The molecule has 1 aliphatic carbocycles. The van der Waals surface area contributed by atoms with E-state index in [-0.39, 0.29) is 5.54 Å². The molecule has 1 heterocycles. The first kappa shape index (κ1) is 12.4. The number of tetrazole rings is 1. The molecule has 0 saturated heterocycles. The minimum absolute atomic E-state index is 0.0202. The van der Waals surface area contributed by atoms with Crippen LogP contribution in [0.15, 0.2) is 18.2 Å². The van der Waals surface area contributed by atoms with Crippen molar-refractivity contribution in [3.8, 4) is 11.4 Å². The van der Waals surface area contributed by atoms with Crippen LogP contribution in [0.1, 0.15) is 32.6 Å². The van der Waals surface area contributed by atoms with Gasteiger partial charge in [-0.05, 0) is 48.4 Å². The Morgan fingerprint density at radius 3 is 2.79 bits per heavy atom. The fourth-order valence-electron chi connectivity index (χ4n) is 2.79. The standard InChI is InChI=1S/C13H16ClN5/c1-13(6-2-3-7-13)19-12(16-17-18-19)10-8-9(14)4-5-11(10)15/h4-5,8H,2-3,6-7,15H2,1H3. The van der Waals surface area contributed by atoms with Gasteiger partial charge in [-0.2, -0.15) is 0 Å². The van der Waals surface area contributed by atoms with E-state index < -0.39 is 0 Å². The molecular formula is C13H16ClN5. The van der Waals surface area contributed by atoms with E-state index in [2.05, 4.69) is 22.4 Å². The largest absolute Gasteiger partial charge is 0.398 e. The third-order valence-corrected chi connectivity index (χ3v) is 4.15. The highest BCUT2D eigenvalue weighted by Crippen LogP contribution is 2.38. The lowest BCUT2D eigenvalue weighted by atomic mass is 10.0. The van der Waals surface area contributed by atoms with Gasteiger partial charge < -0.3 is 5.73 Å². The summed E-state index contributed by atoms with van der Waals surface area (Å²) >= 11 is 6.05. The smallest absolute Gasteiger partial charge is 0.184 e. The number of hydrogen-bond donors (Lipinski definition) is 1. The van der Waals surface area contributed by atoms with E-state index in [0.717, 1.165) is 18.4 Å². The van der Waals surface area contributed by atoms with Gasteiger partial charge in [-0.3, -0.25) is 0 Å². The summed E-state index contributed by atoms with van der Waals surface area (Å²) in [6.45, 7) is 2.20. The molecule has 1 aliphatic rings. The zero-order chi connectivity index (χ0) is 13.5. The molecule has 0 atom stereocenters. The average Bonchev–Trinajstić information content (AvgIpc) is 3.01. The summed E-state index contributed by atoms with van der Waals surface area (Å²) in [7, 11) is 0. The highest BCUT2D eigenvalue weighted by Gasteiger charge is 2.34. The lowest BCUT2D eigenvalue weighted by Crippen LogP contribution is -2.28. The highest BCUT2D eigenvalue weighted by molar-refractivity contribution is 6.31. The normalized spacial score (nSPS) is 17.8. The molecule has 1 fully saturated rings. The van der Waals surface area contributed by atoms with E-state index in [4.69, 9.17) is 17.3 Å². The van der Waals surface area contributed by atoms with E-state index in [1.165, 1.54) is 12.8 Å². The first-order valence-electron chi connectivity index (χ1n) is 6.44. The van der Waals surface area contributed by atoms with Crippen molar-refractivity contribution in [2.75, 3.05) is 5.73 Å². The second-order valence-electron chi connectivity index (χ2n) is 5.35. The number of halogens is 1. The summed E-state index contributed by atoms with van der Waals surface area (Å²) in [6, 6.07) is 5.37. The van der Waals surface area contributed by atoms with Crippen molar-refractivity contribution >= 4 is 17.3 Å². The summed E-state index contributed by atoms with van der Waals surface area (Å²) in [6.07, 6.45) is 4.60. The van der Waals surface area contributed by atoms with Crippen LogP contribution in [-0.2, 0) is 5.54 Å². The van der Waals surface area contributed by atoms with Crippen LogP contribution in [0.2, 0.25) is 5.02 Å². The van der Waals surface area contributed by atoms with Gasteiger partial charge in [-0.25, -0.2) is 4.68 Å². The average molecular weight is 278 g/mol. The molecule has 0 aliphatic heterocycles. The van der Waals surface area contributed by atoms with Gasteiger partial charge in [0.1, 0.15) is 0 Å². The summed E-state index contributed by atoms with van der Waals surface area (Å²) in [4.78, 5) is 0. The van der Waals surface area contributed by atoms with Crippen molar-refractivity contribution in [1.29, 1.82) is 0 Å². The van der Waals surface area contributed by atoms with Crippen LogP contribution in [0.4, 0.5) is 5.69 Å². The predicted molar refractivity (Wildman–Crippen MR) is 74.8 cm³/mol. The van der Waals surface area contributed by atoms with Crippen LogP contribution in [0.25, 0.3) is 11.4 Å². The number of aromatic nitrogens is 4. The zero-order valence-corrected chi connectivity index (χ0v) is 11.6. The van der Waals surface area contributed by atoms with Gasteiger partial charge in [0.05, 0.1) is 5.54 Å². The van der Waals surface area contributed by atoms with Gasteiger partial charge in [0.25, 0.3) is 0 Å². The summed E-state index contributed by atoms with van der Waals surface area (Å²) < 4.78 is 1.90. The van der Waals surface area contributed by atoms with Crippen molar-refractivity contribution in [1.82, 2.24) is 20.2 Å². The minimum Gasteiger partial charge on any atom is -0.398 e. The summed E-state index contributed by atoms with van der Waals surface area (Å²) in [5.41, 5.74) is 7.44. The Labute approximate surface area is 116 Å². The lowest BCUT2D eigenvalue weighted by Gasteiger charge is -2.24. The fraction of sp³-hybridized carbons (Fsp3) is 0.462. The van der Waals surface area contributed by atoms with Gasteiger partial charge in [-0.1, -0.05) is 24.4 Å². The van der Waals surface area contributed by atoms with Crippen molar-refractivity contribution in [2.45, 2.75) is 38.1 Å². The van der Waals surface area contributed by atoms with Crippen LogP contribution >= 0.6 is 11.6 Å². The number of rotatable bonds is 2. The first-order chi connectivity index (χ1) is 9.10. The Morgan fingerprint density at radius 1 is 1.32 bits per heavy atom. The maximum Gasteiger partial charge on any atom is 0.184 e. The maximum atomic E-state index is 6.05. The number of benzene rings is 1. The topological polar surface area (TPSA) is 69.6 Å².